The van der Waals surface area contributed by atoms with Crippen molar-refractivity contribution >= 4 is 17.0 Å². The van der Waals surface area contributed by atoms with E-state index in [1.807, 2.05) is 37.8 Å². The summed E-state index contributed by atoms with van der Waals surface area (Å²) in [5, 5.41) is 0. The molecule has 3 aromatic rings. The third kappa shape index (κ3) is 3.52. The molecule has 1 fully saturated rings. The molecule has 29 heavy (non-hydrogen) atoms. The molecule has 1 saturated heterocycles. The van der Waals surface area contributed by atoms with Crippen molar-refractivity contribution in [3.05, 3.63) is 46.7 Å². The number of rotatable bonds is 3. The number of halogens is 1. The molecule has 7 nitrogen and oxygen atoms in total. The Hall–Kier alpha value is -2.77. The van der Waals surface area contributed by atoms with Gasteiger partial charge in [-0.3, -0.25) is 9.13 Å². The van der Waals surface area contributed by atoms with Crippen LogP contribution in [0.1, 0.15) is 39.3 Å². The normalized spacial score (nSPS) is 16.0. The first-order valence-electron chi connectivity index (χ1n) is 10.0. The van der Waals surface area contributed by atoms with Gasteiger partial charge in [-0.2, -0.15) is 0 Å². The summed E-state index contributed by atoms with van der Waals surface area (Å²) in [5.74, 6) is 0.392. The molecule has 4 heterocycles. The van der Waals surface area contributed by atoms with E-state index in [1.165, 1.54) is 6.33 Å². The van der Waals surface area contributed by atoms with Gasteiger partial charge in [0.1, 0.15) is 6.33 Å². The number of hydrogen-bond donors (Lipinski definition) is 0. The van der Waals surface area contributed by atoms with Crippen molar-refractivity contribution in [1.29, 1.82) is 0 Å². The summed E-state index contributed by atoms with van der Waals surface area (Å²) < 4.78 is 18.4. The van der Waals surface area contributed by atoms with Crippen LogP contribution in [-0.4, -0.2) is 37.2 Å². The van der Waals surface area contributed by atoms with Gasteiger partial charge in [-0.15, -0.1) is 0 Å². The highest BCUT2D eigenvalue weighted by molar-refractivity contribution is 5.71. The smallest absolute Gasteiger partial charge is 0.330 e. The van der Waals surface area contributed by atoms with Gasteiger partial charge < -0.3 is 4.90 Å². The molecule has 154 valence electrons. The Morgan fingerprint density at radius 3 is 2.59 bits per heavy atom. The van der Waals surface area contributed by atoms with E-state index in [-0.39, 0.29) is 16.9 Å². The maximum atomic E-state index is 15.0. The summed E-state index contributed by atoms with van der Waals surface area (Å²) in [6, 6.07) is 3.75. The standard InChI is InChI=1S/C21H27FN6O/c1-21(2,3)17-16(22)19(25-13-24-17)27-10-7-14(8-11-27)12-28-18-15(6-5-9-23-18)26(4)20(28)29/h5-6,9,13-14H,7-8,10-12H2,1-4H3. The van der Waals surface area contributed by atoms with Crippen LogP contribution in [-0.2, 0) is 19.0 Å². The fraction of sp³-hybridized carbons (Fsp3) is 0.524. The van der Waals surface area contributed by atoms with E-state index in [1.54, 1.807) is 22.4 Å². The third-order valence-corrected chi connectivity index (χ3v) is 5.74. The number of hydrogen-bond acceptors (Lipinski definition) is 5. The van der Waals surface area contributed by atoms with Crippen LogP contribution in [0, 0.1) is 11.7 Å². The first kappa shape index (κ1) is 19.5. The number of piperidine rings is 1. The minimum atomic E-state index is -0.372. The lowest BCUT2D eigenvalue weighted by atomic mass is 9.91. The van der Waals surface area contributed by atoms with Crippen molar-refractivity contribution in [2.75, 3.05) is 18.0 Å². The zero-order valence-corrected chi connectivity index (χ0v) is 17.4. The van der Waals surface area contributed by atoms with Crippen LogP contribution in [0.3, 0.4) is 0 Å². The van der Waals surface area contributed by atoms with Gasteiger partial charge in [-0.05, 0) is 30.9 Å². The van der Waals surface area contributed by atoms with Crippen LogP contribution in [0.2, 0.25) is 0 Å². The SMILES string of the molecule is Cn1c(=O)n(CC2CCN(c3ncnc(C(C)(C)C)c3F)CC2)c2ncccc21. The van der Waals surface area contributed by atoms with E-state index < -0.39 is 0 Å². The second-order valence-corrected chi connectivity index (χ2v) is 8.84. The summed E-state index contributed by atoms with van der Waals surface area (Å²) >= 11 is 0. The topological polar surface area (TPSA) is 68.8 Å². The number of pyridine rings is 1. The zero-order valence-electron chi connectivity index (χ0n) is 17.4. The van der Waals surface area contributed by atoms with Gasteiger partial charge in [0, 0.05) is 38.3 Å². The van der Waals surface area contributed by atoms with Crippen LogP contribution in [0.4, 0.5) is 10.2 Å². The zero-order chi connectivity index (χ0) is 20.8. The number of fused-ring (bicyclic) bond motifs is 1. The minimum Gasteiger partial charge on any atom is -0.354 e. The molecular formula is C21H27FN6O. The average Bonchev–Trinajstić information content (AvgIpc) is 2.93. The fourth-order valence-corrected chi connectivity index (χ4v) is 4.09. The maximum Gasteiger partial charge on any atom is 0.330 e. The summed E-state index contributed by atoms with van der Waals surface area (Å²) in [4.78, 5) is 27.4. The molecule has 0 spiro atoms. The monoisotopic (exact) mass is 398 g/mol. The summed E-state index contributed by atoms with van der Waals surface area (Å²) in [6.07, 6.45) is 4.89. The third-order valence-electron chi connectivity index (χ3n) is 5.74. The van der Waals surface area contributed by atoms with Crippen molar-refractivity contribution in [1.82, 2.24) is 24.1 Å². The molecule has 0 saturated carbocycles. The van der Waals surface area contributed by atoms with Crippen molar-refractivity contribution in [3.8, 4) is 0 Å². The molecule has 0 aromatic carbocycles. The van der Waals surface area contributed by atoms with Gasteiger partial charge >= 0.3 is 5.69 Å². The Morgan fingerprint density at radius 2 is 1.90 bits per heavy atom. The first-order valence-corrected chi connectivity index (χ1v) is 10.0. The average molecular weight is 398 g/mol. The number of anilines is 1. The van der Waals surface area contributed by atoms with E-state index in [0.717, 1.165) is 24.0 Å². The van der Waals surface area contributed by atoms with Crippen LogP contribution in [0.5, 0.6) is 0 Å². The largest absolute Gasteiger partial charge is 0.354 e. The molecule has 1 aliphatic heterocycles. The van der Waals surface area contributed by atoms with E-state index in [4.69, 9.17) is 0 Å². The van der Waals surface area contributed by atoms with Gasteiger partial charge in [0.25, 0.3) is 0 Å². The van der Waals surface area contributed by atoms with E-state index in [9.17, 15) is 4.79 Å². The maximum absolute atomic E-state index is 15.0. The number of aryl methyl sites for hydroxylation is 1. The quantitative estimate of drug-likeness (QED) is 0.679. The molecular weight excluding hydrogens is 371 g/mol. The Kier molecular flexibility index (Phi) is 4.88. The molecule has 0 N–H and O–H groups in total. The first-order chi connectivity index (χ1) is 13.8. The van der Waals surface area contributed by atoms with Crippen LogP contribution in [0.15, 0.2) is 29.5 Å². The minimum absolute atomic E-state index is 0.0437. The summed E-state index contributed by atoms with van der Waals surface area (Å²) in [5.41, 5.74) is 1.59. The van der Waals surface area contributed by atoms with Gasteiger partial charge in [-0.25, -0.2) is 24.1 Å². The summed E-state index contributed by atoms with van der Waals surface area (Å²) in [6.45, 7) is 7.88. The van der Waals surface area contributed by atoms with E-state index in [2.05, 4.69) is 15.0 Å². The molecule has 8 heteroatoms. The highest BCUT2D eigenvalue weighted by atomic mass is 19.1. The van der Waals surface area contributed by atoms with Gasteiger partial charge in [0.05, 0.1) is 11.2 Å². The molecule has 0 aliphatic carbocycles. The number of nitrogens with zero attached hydrogens (tertiary/aromatic N) is 6. The van der Waals surface area contributed by atoms with E-state index >= 15 is 4.39 Å². The lowest BCUT2D eigenvalue weighted by Gasteiger charge is -2.33. The fourth-order valence-electron chi connectivity index (χ4n) is 4.09. The highest BCUT2D eigenvalue weighted by Gasteiger charge is 2.28. The van der Waals surface area contributed by atoms with E-state index in [0.29, 0.717) is 37.1 Å². The van der Waals surface area contributed by atoms with Crippen LogP contribution in [0.25, 0.3) is 11.2 Å². The molecule has 1 aliphatic rings. The molecule has 0 amide bonds. The van der Waals surface area contributed by atoms with Crippen LogP contribution < -0.4 is 10.6 Å². The molecule has 3 aromatic heterocycles. The predicted molar refractivity (Wildman–Crippen MR) is 111 cm³/mol. The molecule has 4 rings (SSSR count). The number of aromatic nitrogens is 5. The molecule has 0 unspecified atom stereocenters. The molecule has 0 atom stereocenters. The summed E-state index contributed by atoms with van der Waals surface area (Å²) in [7, 11) is 1.77. The predicted octanol–water partition coefficient (Wildman–Crippen LogP) is 2.88. The van der Waals surface area contributed by atoms with Crippen molar-refractivity contribution in [2.45, 2.75) is 45.6 Å². The van der Waals surface area contributed by atoms with Crippen LogP contribution >= 0.6 is 0 Å². The Bertz CT molecular complexity index is 1090. The lowest BCUT2D eigenvalue weighted by molar-refractivity contribution is 0.351. The molecule has 0 radical (unpaired) electrons. The second kappa shape index (κ2) is 7.24. The van der Waals surface area contributed by atoms with Gasteiger partial charge in [0.15, 0.2) is 17.3 Å². The highest BCUT2D eigenvalue weighted by Crippen LogP contribution is 2.30. The Labute approximate surface area is 169 Å². The van der Waals surface area contributed by atoms with Crippen molar-refractivity contribution in [3.63, 3.8) is 0 Å². The second-order valence-electron chi connectivity index (χ2n) is 8.84. The Morgan fingerprint density at radius 1 is 1.17 bits per heavy atom. The van der Waals surface area contributed by atoms with Gasteiger partial charge in [0.2, 0.25) is 0 Å². The number of imidazole rings is 1. The lowest BCUT2D eigenvalue weighted by Crippen LogP contribution is -2.38. The van der Waals surface area contributed by atoms with Crippen molar-refractivity contribution in [2.24, 2.45) is 13.0 Å². The Balaban J connectivity index is 1.50. The molecule has 0 bridgehead atoms. The van der Waals surface area contributed by atoms with Gasteiger partial charge in [-0.1, -0.05) is 20.8 Å². The van der Waals surface area contributed by atoms with Crippen molar-refractivity contribution < 1.29 is 4.39 Å².